The molecule has 3 fully saturated rings. The fourth-order valence-corrected chi connectivity index (χ4v) is 8.36. The summed E-state index contributed by atoms with van der Waals surface area (Å²) in [5.41, 5.74) is 4.16. The molecule has 2 aliphatic heterocycles. The Balaban J connectivity index is 1.17. The molecule has 0 radical (unpaired) electrons. The number of hydrogen-bond acceptors (Lipinski definition) is 4. The molecule has 5 aliphatic rings. The van der Waals surface area contributed by atoms with Gasteiger partial charge in [0.25, 0.3) is 0 Å². The first-order valence-corrected chi connectivity index (χ1v) is 14.9. The molecule has 1 unspecified atom stereocenters. The topological polar surface area (TPSA) is 33.7 Å². The maximum Gasteiger partial charge on any atom is 0.166 e. The minimum atomic E-state index is -0.950. The first-order chi connectivity index (χ1) is 19.2. The van der Waals surface area contributed by atoms with Crippen LogP contribution in [-0.4, -0.2) is 42.3 Å². The van der Waals surface area contributed by atoms with E-state index in [4.69, 9.17) is 9.47 Å². The highest BCUT2D eigenvalue weighted by molar-refractivity contribution is 5.62. The van der Waals surface area contributed by atoms with Gasteiger partial charge in [-0.05, 0) is 66.7 Å². The van der Waals surface area contributed by atoms with Crippen LogP contribution in [0.1, 0.15) is 47.9 Å². The zero-order chi connectivity index (χ0) is 26.0. The van der Waals surface area contributed by atoms with Crippen LogP contribution in [0.3, 0.4) is 0 Å². The number of halogens is 1. The summed E-state index contributed by atoms with van der Waals surface area (Å²) in [6.07, 6.45) is 4.46. The van der Waals surface area contributed by atoms with E-state index in [0.29, 0.717) is 19.2 Å². The predicted molar refractivity (Wildman–Crippen MR) is 150 cm³/mol. The van der Waals surface area contributed by atoms with E-state index in [1.807, 2.05) is 24.3 Å². The molecular formula is C34H37FN2O2. The maximum absolute atomic E-state index is 17.0. The summed E-state index contributed by atoms with van der Waals surface area (Å²) in [7, 11) is 0. The molecule has 3 aliphatic carbocycles. The Morgan fingerprint density at radius 2 is 1.69 bits per heavy atom. The molecule has 0 amide bonds. The van der Waals surface area contributed by atoms with Crippen molar-refractivity contribution in [2.24, 2.45) is 11.8 Å². The van der Waals surface area contributed by atoms with Gasteiger partial charge >= 0.3 is 0 Å². The van der Waals surface area contributed by atoms with Crippen LogP contribution in [-0.2, 0) is 25.0 Å². The molecule has 4 nitrogen and oxygen atoms in total. The standard InChI is InChI=1S/C34H37FN2O2/c35-30-20-37(19-23-11-12-23)28-17-25-13-16-29(38-21-24-9-5-2-6-10-24)32-31(25)34(30)26(28)14-15-27(33(34)39-32)36-18-22-7-3-1-4-8-22/h1-10,13,16,23,26-28,30,33,36H,11-12,14-15,17-21H2/t26?,27-,28-,30+,33+,34+/m1/s1. The van der Waals surface area contributed by atoms with Crippen molar-refractivity contribution in [1.29, 1.82) is 0 Å². The highest BCUT2D eigenvalue weighted by Gasteiger charge is 2.70. The van der Waals surface area contributed by atoms with Crippen molar-refractivity contribution in [3.8, 4) is 11.5 Å². The van der Waals surface area contributed by atoms with Crippen LogP contribution < -0.4 is 14.8 Å². The summed E-state index contributed by atoms with van der Waals surface area (Å²) >= 11 is 0. The second-order valence-corrected chi connectivity index (χ2v) is 12.5. The van der Waals surface area contributed by atoms with E-state index in [-0.39, 0.29) is 18.1 Å². The van der Waals surface area contributed by atoms with Gasteiger partial charge in [0.2, 0.25) is 0 Å². The second kappa shape index (κ2) is 9.35. The summed E-state index contributed by atoms with van der Waals surface area (Å²) < 4.78 is 30.3. The molecule has 2 heterocycles. The zero-order valence-electron chi connectivity index (χ0n) is 22.4. The van der Waals surface area contributed by atoms with Gasteiger partial charge in [-0.15, -0.1) is 0 Å². The molecule has 8 rings (SSSR count). The van der Waals surface area contributed by atoms with Crippen LogP contribution in [0.25, 0.3) is 0 Å². The Hall–Kier alpha value is -2.89. The van der Waals surface area contributed by atoms with E-state index >= 15 is 4.39 Å². The van der Waals surface area contributed by atoms with Crippen LogP contribution in [0.4, 0.5) is 4.39 Å². The minimum absolute atomic E-state index is 0.0932. The number of alkyl halides is 1. The van der Waals surface area contributed by atoms with Crippen molar-refractivity contribution in [2.45, 2.75) is 75.0 Å². The second-order valence-electron chi connectivity index (χ2n) is 12.5. The smallest absolute Gasteiger partial charge is 0.166 e. The van der Waals surface area contributed by atoms with E-state index in [1.54, 1.807) is 0 Å². The first kappa shape index (κ1) is 24.0. The molecule has 3 aromatic carbocycles. The largest absolute Gasteiger partial charge is 0.485 e. The lowest BCUT2D eigenvalue weighted by Gasteiger charge is -2.61. The van der Waals surface area contributed by atoms with Crippen molar-refractivity contribution < 1.29 is 13.9 Å². The molecule has 5 heteroatoms. The van der Waals surface area contributed by atoms with Gasteiger partial charge in [0.05, 0.1) is 5.41 Å². The molecule has 6 atom stereocenters. The van der Waals surface area contributed by atoms with Crippen LogP contribution in [0.5, 0.6) is 11.5 Å². The molecule has 202 valence electrons. The Morgan fingerprint density at radius 3 is 2.46 bits per heavy atom. The lowest BCUT2D eigenvalue weighted by Crippen LogP contribution is -2.73. The van der Waals surface area contributed by atoms with E-state index in [0.717, 1.165) is 60.9 Å². The summed E-state index contributed by atoms with van der Waals surface area (Å²) in [6, 6.07) is 25.5. The fraction of sp³-hybridized carbons (Fsp3) is 0.471. The molecule has 2 saturated carbocycles. The average Bonchev–Trinajstić information content (AvgIpc) is 3.72. The van der Waals surface area contributed by atoms with Crippen molar-refractivity contribution in [1.82, 2.24) is 10.2 Å². The number of piperidine rings is 1. The number of rotatable bonds is 8. The summed E-state index contributed by atoms with van der Waals surface area (Å²) in [6.45, 7) is 2.82. The molecule has 39 heavy (non-hydrogen) atoms. The first-order valence-electron chi connectivity index (χ1n) is 14.9. The predicted octanol–water partition coefficient (Wildman–Crippen LogP) is 5.82. The highest BCUT2D eigenvalue weighted by atomic mass is 19.1. The van der Waals surface area contributed by atoms with E-state index in [2.05, 4.69) is 58.7 Å². The van der Waals surface area contributed by atoms with Gasteiger partial charge < -0.3 is 14.8 Å². The number of nitrogens with zero attached hydrogens (tertiary/aromatic N) is 1. The Kier molecular flexibility index (Phi) is 5.74. The van der Waals surface area contributed by atoms with Gasteiger partial charge in [0, 0.05) is 37.3 Å². The minimum Gasteiger partial charge on any atom is -0.485 e. The monoisotopic (exact) mass is 524 g/mol. The van der Waals surface area contributed by atoms with Crippen LogP contribution in [0, 0.1) is 11.8 Å². The van der Waals surface area contributed by atoms with Gasteiger partial charge in [0.15, 0.2) is 11.5 Å². The lowest BCUT2D eigenvalue weighted by atomic mass is 9.50. The average molecular weight is 525 g/mol. The van der Waals surface area contributed by atoms with Crippen molar-refractivity contribution in [3.63, 3.8) is 0 Å². The number of likely N-dealkylation sites (tertiary alicyclic amines) is 1. The van der Waals surface area contributed by atoms with Gasteiger partial charge in [0.1, 0.15) is 18.9 Å². The Bertz CT molecular complexity index is 1350. The third-order valence-corrected chi connectivity index (χ3v) is 10.2. The van der Waals surface area contributed by atoms with Crippen LogP contribution >= 0.6 is 0 Å². The molecule has 0 aromatic heterocycles. The lowest BCUT2D eigenvalue weighted by molar-refractivity contribution is -0.110. The Morgan fingerprint density at radius 1 is 0.923 bits per heavy atom. The molecule has 1 saturated heterocycles. The fourth-order valence-electron chi connectivity index (χ4n) is 8.36. The van der Waals surface area contributed by atoms with E-state index in [9.17, 15) is 0 Å². The molecule has 2 bridgehead atoms. The van der Waals surface area contributed by atoms with E-state index < -0.39 is 11.6 Å². The highest BCUT2D eigenvalue weighted by Crippen LogP contribution is 2.64. The Labute approximate surface area is 230 Å². The molecule has 1 spiro atoms. The van der Waals surface area contributed by atoms with E-state index in [1.165, 1.54) is 24.0 Å². The summed E-state index contributed by atoms with van der Waals surface area (Å²) in [4.78, 5) is 2.52. The third kappa shape index (κ3) is 3.84. The molecule has 3 aromatic rings. The SMILES string of the molecule is F[C@H]1CN(CC2CC2)[C@@H]2Cc3ccc(OCc4ccccc4)c4c3[C@]13C2CC[C@@H](NCc1ccccc1)[C@@H]3O4. The summed E-state index contributed by atoms with van der Waals surface area (Å²) in [5, 5.41) is 3.81. The quantitative estimate of drug-likeness (QED) is 0.403. The summed E-state index contributed by atoms with van der Waals surface area (Å²) in [5.74, 6) is 2.60. The van der Waals surface area contributed by atoms with Crippen molar-refractivity contribution >= 4 is 0 Å². The van der Waals surface area contributed by atoms with Crippen LogP contribution in [0.2, 0.25) is 0 Å². The number of ether oxygens (including phenoxy) is 2. The number of hydrogen-bond donors (Lipinski definition) is 1. The molecule has 1 N–H and O–H groups in total. The van der Waals surface area contributed by atoms with Gasteiger partial charge in [-0.2, -0.15) is 0 Å². The third-order valence-electron chi connectivity index (χ3n) is 10.2. The van der Waals surface area contributed by atoms with Crippen molar-refractivity contribution in [2.75, 3.05) is 13.1 Å². The van der Waals surface area contributed by atoms with Gasteiger partial charge in [-0.3, -0.25) is 4.90 Å². The normalized spacial score (nSPS) is 32.4. The number of nitrogens with one attached hydrogen (secondary N) is 1. The van der Waals surface area contributed by atoms with Crippen LogP contribution in [0.15, 0.2) is 72.8 Å². The maximum atomic E-state index is 17.0. The van der Waals surface area contributed by atoms with Gasteiger partial charge in [-0.25, -0.2) is 4.39 Å². The van der Waals surface area contributed by atoms with Gasteiger partial charge in [-0.1, -0.05) is 66.7 Å². The molecular weight excluding hydrogens is 487 g/mol. The zero-order valence-corrected chi connectivity index (χ0v) is 22.4. The number of benzene rings is 3. The van der Waals surface area contributed by atoms with Crippen molar-refractivity contribution in [3.05, 3.63) is 95.1 Å².